The van der Waals surface area contributed by atoms with Crippen molar-refractivity contribution < 1.29 is 9.53 Å². The second kappa shape index (κ2) is 8.62. The van der Waals surface area contributed by atoms with E-state index < -0.39 is 0 Å². The van der Waals surface area contributed by atoms with Crippen molar-refractivity contribution in [2.45, 2.75) is 13.8 Å². The zero-order chi connectivity index (χ0) is 18.4. The van der Waals surface area contributed by atoms with E-state index in [4.69, 9.17) is 4.74 Å². The summed E-state index contributed by atoms with van der Waals surface area (Å²) < 4.78 is 5.53. The topological polar surface area (TPSA) is 70.6 Å². The third kappa shape index (κ3) is 4.29. The summed E-state index contributed by atoms with van der Waals surface area (Å²) in [7, 11) is 0. The number of carbonyl (C=O) groups is 1. The Morgan fingerprint density at radius 3 is 2.50 bits per heavy atom. The molecule has 0 radical (unpaired) electrons. The van der Waals surface area contributed by atoms with Crippen molar-refractivity contribution in [2.24, 2.45) is 0 Å². The molecule has 3 rings (SSSR count). The molecule has 1 N–H and O–H groups in total. The zero-order valence-electron chi connectivity index (χ0n) is 15.3. The van der Waals surface area contributed by atoms with Gasteiger partial charge in [0.25, 0.3) is 5.91 Å². The zero-order valence-corrected chi connectivity index (χ0v) is 15.3. The monoisotopic (exact) mass is 355 g/mol. The van der Waals surface area contributed by atoms with Gasteiger partial charge in [0.15, 0.2) is 11.5 Å². The SMILES string of the molecule is CCOc1ccccc1NC(=O)c1ccc(N2CCN(CC)CC2)nn1. The third-order valence-corrected chi connectivity index (χ3v) is 4.46. The fraction of sp³-hybridized carbons (Fsp3) is 0.421. The lowest BCUT2D eigenvalue weighted by molar-refractivity contribution is 0.102. The maximum atomic E-state index is 12.5. The maximum Gasteiger partial charge on any atom is 0.276 e. The summed E-state index contributed by atoms with van der Waals surface area (Å²) in [6, 6.07) is 10.9. The summed E-state index contributed by atoms with van der Waals surface area (Å²) in [5.41, 5.74) is 0.910. The molecule has 0 spiro atoms. The minimum Gasteiger partial charge on any atom is -0.492 e. The van der Waals surface area contributed by atoms with Crippen molar-refractivity contribution in [2.75, 3.05) is 49.5 Å². The number of likely N-dealkylation sites (N-methyl/N-ethyl adjacent to an activating group) is 1. The molecule has 1 amide bonds. The standard InChI is InChI=1S/C19H25N5O2/c1-3-23-11-13-24(14-12-23)18-10-9-16(21-22-18)19(25)20-15-7-5-6-8-17(15)26-4-2/h5-10H,3-4,11-14H2,1-2H3,(H,20,25). The van der Waals surface area contributed by atoms with Gasteiger partial charge in [0.05, 0.1) is 12.3 Å². The first-order chi connectivity index (χ1) is 12.7. The van der Waals surface area contributed by atoms with Crippen LogP contribution in [0.25, 0.3) is 0 Å². The van der Waals surface area contributed by atoms with Crippen LogP contribution in [0.1, 0.15) is 24.3 Å². The molecule has 0 aliphatic carbocycles. The lowest BCUT2D eigenvalue weighted by Gasteiger charge is -2.34. The van der Waals surface area contributed by atoms with Crippen molar-refractivity contribution in [3.8, 4) is 5.75 Å². The second-order valence-electron chi connectivity index (χ2n) is 6.08. The van der Waals surface area contributed by atoms with Gasteiger partial charge in [0.1, 0.15) is 5.75 Å². The Labute approximate surface area is 154 Å². The van der Waals surface area contributed by atoms with Crippen LogP contribution >= 0.6 is 0 Å². The number of anilines is 2. The predicted molar refractivity (Wildman–Crippen MR) is 102 cm³/mol. The largest absolute Gasteiger partial charge is 0.492 e. The van der Waals surface area contributed by atoms with E-state index in [9.17, 15) is 4.79 Å². The van der Waals surface area contributed by atoms with Gasteiger partial charge in [-0.3, -0.25) is 4.79 Å². The average molecular weight is 355 g/mol. The lowest BCUT2D eigenvalue weighted by atomic mass is 10.2. The minimum atomic E-state index is -0.299. The second-order valence-corrected chi connectivity index (χ2v) is 6.08. The van der Waals surface area contributed by atoms with Crippen LogP contribution in [0.2, 0.25) is 0 Å². The molecule has 1 aliphatic rings. The van der Waals surface area contributed by atoms with Crippen LogP contribution in [0.15, 0.2) is 36.4 Å². The first-order valence-corrected chi connectivity index (χ1v) is 9.05. The van der Waals surface area contributed by atoms with E-state index in [2.05, 4.69) is 32.2 Å². The first-order valence-electron chi connectivity index (χ1n) is 9.05. The summed E-state index contributed by atoms with van der Waals surface area (Å²) in [6.45, 7) is 9.58. The number of nitrogens with zero attached hydrogens (tertiary/aromatic N) is 4. The van der Waals surface area contributed by atoms with Crippen LogP contribution in [-0.2, 0) is 0 Å². The molecule has 1 aliphatic heterocycles. The molecule has 2 heterocycles. The molecule has 0 unspecified atom stereocenters. The van der Waals surface area contributed by atoms with Crippen molar-refractivity contribution >= 4 is 17.4 Å². The molecule has 2 aromatic rings. The number of ether oxygens (including phenoxy) is 1. The fourth-order valence-corrected chi connectivity index (χ4v) is 2.95. The normalized spacial score (nSPS) is 14.9. The van der Waals surface area contributed by atoms with Gasteiger partial charge < -0.3 is 19.9 Å². The molecule has 0 bridgehead atoms. The van der Waals surface area contributed by atoms with Gasteiger partial charge in [-0.05, 0) is 37.7 Å². The number of rotatable bonds is 6. The van der Waals surface area contributed by atoms with Gasteiger partial charge >= 0.3 is 0 Å². The summed E-state index contributed by atoms with van der Waals surface area (Å²) >= 11 is 0. The highest BCUT2D eigenvalue weighted by Crippen LogP contribution is 2.24. The molecule has 1 aromatic heterocycles. The summed E-state index contributed by atoms with van der Waals surface area (Å²) in [5, 5.41) is 11.2. The molecule has 0 atom stereocenters. The van der Waals surface area contributed by atoms with Crippen LogP contribution in [0.4, 0.5) is 11.5 Å². The highest BCUT2D eigenvalue weighted by Gasteiger charge is 2.18. The van der Waals surface area contributed by atoms with Gasteiger partial charge in [-0.2, -0.15) is 0 Å². The van der Waals surface area contributed by atoms with Crippen LogP contribution < -0.4 is 15.0 Å². The molecule has 1 fully saturated rings. The van der Waals surface area contributed by atoms with E-state index in [0.29, 0.717) is 18.0 Å². The number of piperazine rings is 1. The van der Waals surface area contributed by atoms with Gasteiger partial charge in [-0.1, -0.05) is 19.1 Å². The quantitative estimate of drug-likeness (QED) is 0.857. The van der Waals surface area contributed by atoms with Crippen molar-refractivity contribution in [3.05, 3.63) is 42.1 Å². The Morgan fingerprint density at radius 1 is 1.08 bits per heavy atom. The van der Waals surface area contributed by atoms with Crippen molar-refractivity contribution in [1.82, 2.24) is 15.1 Å². The molecule has 0 saturated carbocycles. The molecule has 7 heteroatoms. The van der Waals surface area contributed by atoms with Crippen LogP contribution in [0.5, 0.6) is 5.75 Å². The Kier molecular flexibility index (Phi) is 6.01. The van der Waals surface area contributed by atoms with E-state index in [-0.39, 0.29) is 11.6 Å². The Morgan fingerprint density at radius 2 is 1.85 bits per heavy atom. The predicted octanol–water partition coefficient (Wildman–Crippen LogP) is 2.27. The van der Waals surface area contributed by atoms with Gasteiger partial charge in [-0.15, -0.1) is 10.2 Å². The van der Waals surface area contributed by atoms with Crippen LogP contribution in [0, 0.1) is 0 Å². The molecular weight excluding hydrogens is 330 g/mol. The smallest absolute Gasteiger partial charge is 0.276 e. The molecule has 7 nitrogen and oxygen atoms in total. The number of carbonyl (C=O) groups excluding carboxylic acids is 1. The molecule has 1 saturated heterocycles. The Bertz CT molecular complexity index is 727. The number of amides is 1. The highest BCUT2D eigenvalue weighted by molar-refractivity contribution is 6.03. The lowest BCUT2D eigenvalue weighted by Crippen LogP contribution is -2.46. The molecular formula is C19H25N5O2. The van der Waals surface area contributed by atoms with Gasteiger partial charge in [-0.25, -0.2) is 0 Å². The summed E-state index contributed by atoms with van der Waals surface area (Å²) in [4.78, 5) is 17.1. The third-order valence-electron chi connectivity index (χ3n) is 4.46. The number of para-hydroxylation sites is 2. The molecule has 26 heavy (non-hydrogen) atoms. The number of aromatic nitrogens is 2. The van der Waals surface area contributed by atoms with E-state index in [0.717, 1.165) is 38.5 Å². The highest BCUT2D eigenvalue weighted by atomic mass is 16.5. The maximum absolute atomic E-state index is 12.5. The van der Waals surface area contributed by atoms with Crippen LogP contribution in [0.3, 0.4) is 0 Å². The molecule has 138 valence electrons. The van der Waals surface area contributed by atoms with Crippen molar-refractivity contribution in [3.63, 3.8) is 0 Å². The van der Waals surface area contributed by atoms with Crippen molar-refractivity contribution in [1.29, 1.82) is 0 Å². The minimum absolute atomic E-state index is 0.284. The number of nitrogens with one attached hydrogen (secondary N) is 1. The van der Waals surface area contributed by atoms with E-state index in [1.165, 1.54) is 0 Å². The van der Waals surface area contributed by atoms with Crippen LogP contribution in [-0.4, -0.2) is 60.3 Å². The van der Waals surface area contributed by atoms with E-state index >= 15 is 0 Å². The number of hydrogen-bond acceptors (Lipinski definition) is 6. The number of benzene rings is 1. The first kappa shape index (κ1) is 18.1. The summed E-state index contributed by atoms with van der Waals surface area (Å²) in [5.74, 6) is 1.15. The summed E-state index contributed by atoms with van der Waals surface area (Å²) in [6.07, 6.45) is 0. The van der Waals surface area contributed by atoms with E-state index in [1.54, 1.807) is 12.1 Å². The number of hydrogen-bond donors (Lipinski definition) is 1. The Hall–Kier alpha value is -2.67. The van der Waals surface area contributed by atoms with Gasteiger partial charge in [0.2, 0.25) is 0 Å². The molecule has 1 aromatic carbocycles. The van der Waals surface area contributed by atoms with E-state index in [1.807, 2.05) is 31.2 Å². The average Bonchev–Trinajstić information content (AvgIpc) is 2.70. The fourth-order valence-electron chi connectivity index (χ4n) is 2.95. The van der Waals surface area contributed by atoms with Gasteiger partial charge in [0, 0.05) is 26.2 Å². The Balaban J connectivity index is 1.64.